The Hall–Kier alpha value is -0.810. The van der Waals surface area contributed by atoms with Gasteiger partial charge in [0.25, 0.3) is 0 Å². The van der Waals surface area contributed by atoms with Gasteiger partial charge in [0.2, 0.25) is 0 Å². The van der Waals surface area contributed by atoms with Crippen LogP contribution in [0.15, 0.2) is 10.5 Å². The average Bonchev–Trinajstić information content (AvgIpc) is 2.79. The molecular formula is C13H17BrFNO2. The Morgan fingerprint density at radius 2 is 2.11 bits per heavy atom. The van der Waals surface area contributed by atoms with Gasteiger partial charge in [-0.3, -0.25) is 0 Å². The predicted molar refractivity (Wildman–Crippen MR) is 71.8 cm³/mol. The van der Waals surface area contributed by atoms with Crippen molar-refractivity contribution in [3.05, 3.63) is 21.9 Å². The predicted octanol–water partition coefficient (Wildman–Crippen LogP) is 3.20. The molecule has 2 rings (SSSR count). The van der Waals surface area contributed by atoms with Crippen LogP contribution < -0.4 is 14.8 Å². The van der Waals surface area contributed by atoms with E-state index in [1.165, 1.54) is 7.11 Å². The summed E-state index contributed by atoms with van der Waals surface area (Å²) in [6.45, 7) is 2.88. The summed E-state index contributed by atoms with van der Waals surface area (Å²) in [7, 11) is 3.09. The van der Waals surface area contributed by atoms with Crippen molar-refractivity contribution in [2.24, 2.45) is 0 Å². The van der Waals surface area contributed by atoms with Crippen molar-refractivity contribution in [3.63, 3.8) is 0 Å². The molecular weight excluding hydrogens is 301 g/mol. The van der Waals surface area contributed by atoms with E-state index in [9.17, 15) is 4.39 Å². The van der Waals surface area contributed by atoms with Crippen molar-refractivity contribution in [3.8, 4) is 11.5 Å². The third-order valence-electron chi connectivity index (χ3n) is 3.48. The number of methoxy groups -OCH3 is 2. The van der Waals surface area contributed by atoms with Crippen LogP contribution in [0.5, 0.6) is 11.5 Å². The number of rotatable bonds is 3. The molecule has 0 saturated carbocycles. The molecule has 5 heteroatoms. The first kappa shape index (κ1) is 13.6. The highest BCUT2D eigenvalue weighted by Gasteiger charge is 2.37. The zero-order valence-electron chi connectivity index (χ0n) is 10.8. The number of nitrogens with one attached hydrogen (secondary N) is 1. The Morgan fingerprint density at radius 1 is 1.39 bits per heavy atom. The Bertz CT molecular complexity index is 459. The molecule has 100 valence electrons. The fraction of sp³-hybridized carbons (Fsp3) is 0.538. The van der Waals surface area contributed by atoms with Gasteiger partial charge in [-0.05, 0) is 42.2 Å². The van der Waals surface area contributed by atoms with Gasteiger partial charge in [0.1, 0.15) is 5.82 Å². The lowest BCUT2D eigenvalue weighted by Gasteiger charge is -2.28. The summed E-state index contributed by atoms with van der Waals surface area (Å²) in [5, 5.41) is 3.35. The van der Waals surface area contributed by atoms with Gasteiger partial charge in [0.15, 0.2) is 11.5 Å². The fourth-order valence-corrected chi connectivity index (χ4v) is 2.95. The average molecular weight is 318 g/mol. The van der Waals surface area contributed by atoms with Crippen LogP contribution >= 0.6 is 15.9 Å². The second-order valence-corrected chi connectivity index (χ2v) is 5.50. The number of hydrogen-bond acceptors (Lipinski definition) is 3. The van der Waals surface area contributed by atoms with Crippen molar-refractivity contribution in [1.82, 2.24) is 5.32 Å². The highest BCUT2D eigenvalue weighted by molar-refractivity contribution is 9.10. The molecule has 3 nitrogen and oxygen atoms in total. The van der Waals surface area contributed by atoms with E-state index in [-0.39, 0.29) is 5.82 Å². The van der Waals surface area contributed by atoms with Crippen LogP contribution in [0.25, 0.3) is 0 Å². The number of halogens is 2. The zero-order valence-corrected chi connectivity index (χ0v) is 12.4. The molecule has 1 aliphatic rings. The van der Waals surface area contributed by atoms with Crippen molar-refractivity contribution in [1.29, 1.82) is 0 Å². The standard InChI is InChI=1S/C13H17BrFNO2/c1-13(5-4-6-16-13)10-11(15)8(14)7-9(17-2)12(10)18-3/h7,16H,4-6H2,1-3H3. The fourth-order valence-electron chi connectivity index (χ4n) is 2.54. The molecule has 1 heterocycles. The Kier molecular flexibility index (Phi) is 3.82. The highest BCUT2D eigenvalue weighted by Crippen LogP contribution is 2.45. The van der Waals surface area contributed by atoms with Crippen LogP contribution in [0.2, 0.25) is 0 Å². The lowest BCUT2D eigenvalue weighted by molar-refractivity contribution is 0.324. The van der Waals surface area contributed by atoms with Gasteiger partial charge < -0.3 is 14.8 Å². The van der Waals surface area contributed by atoms with Gasteiger partial charge in [0, 0.05) is 11.6 Å². The van der Waals surface area contributed by atoms with Crippen molar-refractivity contribution >= 4 is 15.9 Å². The third kappa shape index (κ3) is 2.10. The molecule has 1 atom stereocenters. The lowest BCUT2D eigenvalue weighted by atomic mass is 9.89. The summed E-state index contributed by atoms with van der Waals surface area (Å²) in [4.78, 5) is 0. The van der Waals surface area contributed by atoms with E-state index >= 15 is 0 Å². The Labute approximate surface area is 115 Å². The second-order valence-electron chi connectivity index (χ2n) is 4.65. The molecule has 1 aliphatic heterocycles. The van der Waals surface area contributed by atoms with E-state index in [4.69, 9.17) is 9.47 Å². The van der Waals surface area contributed by atoms with Crippen LogP contribution in [-0.2, 0) is 5.54 Å². The maximum absolute atomic E-state index is 14.4. The molecule has 1 aromatic carbocycles. The van der Waals surface area contributed by atoms with Crippen molar-refractivity contribution in [2.45, 2.75) is 25.3 Å². The molecule has 0 radical (unpaired) electrons. The normalized spacial score (nSPS) is 23.2. The highest BCUT2D eigenvalue weighted by atomic mass is 79.9. The molecule has 18 heavy (non-hydrogen) atoms. The van der Waals surface area contributed by atoms with Gasteiger partial charge in [-0.25, -0.2) is 4.39 Å². The van der Waals surface area contributed by atoms with Crippen LogP contribution in [0.1, 0.15) is 25.3 Å². The van der Waals surface area contributed by atoms with Crippen molar-refractivity contribution in [2.75, 3.05) is 20.8 Å². The molecule has 1 fully saturated rings. The Balaban J connectivity index is 2.66. The zero-order chi connectivity index (χ0) is 13.3. The van der Waals surface area contributed by atoms with Gasteiger partial charge in [-0.15, -0.1) is 0 Å². The summed E-state index contributed by atoms with van der Waals surface area (Å²) in [6, 6.07) is 1.59. The monoisotopic (exact) mass is 317 g/mol. The summed E-state index contributed by atoms with van der Waals surface area (Å²) < 4.78 is 25.5. The van der Waals surface area contributed by atoms with Gasteiger partial charge >= 0.3 is 0 Å². The van der Waals surface area contributed by atoms with Gasteiger partial charge in [-0.2, -0.15) is 0 Å². The minimum atomic E-state index is -0.410. The maximum Gasteiger partial charge on any atom is 0.168 e. The first-order chi connectivity index (χ1) is 8.53. The Morgan fingerprint density at radius 3 is 2.61 bits per heavy atom. The molecule has 0 aromatic heterocycles. The summed E-state index contributed by atoms with van der Waals surface area (Å²) in [5.74, 6) is 0.718. The molecule has 0 spiro atoms. The maximum atomic E-state index is 14.4. The summed E-state index contributed by atoms with van der Waals surface area (Å²) >= 11 is 3.23. The first-order valence-corrected chi connectivity index (χ1v) is 6.68. The summed E-state index contributed by atoms with van der Waals surface area (Å²) in [6.07, 6.45) is 1.90. The lowest BCUT2D eigenvalue weighted by Crippen LogP contribution is -2.34. The number of hydrogen-bond donors (Lipinski definition) is 1. The quantitative estimate of drug-likeness (QED) is 0.928. The molecule has 1 unspecified atom stereocenters. The van der Waals surface area contributed by atoms with E-state index in [0.29, 0.717) is 21.5 Å². The number of ether oxygens (including phenoxy) is 2. The molecule has 1 saturated heterocycles. The summed E-state index contributed by atoms with van der Waals surface area (Å²) in [5.41, 5.74) is 0.126. The third-order valence-corrected chi connectivity index (χ3v) is 4.06. The first-order valence-electron chi connectivity index (χ1n) is 5.89. The van der Waals surface area contributed by atoms with Crippen LogP contribution in [0.3, 0.4) is 0 Å². The second kappa shape index (κ2) is 5.05. The van der Waals surface area contributed by atoms with E-state index < -0.39 is 5.54 Å². The van der Waals surface area contributed by atoms with Crippen LogP contribution in [0.4, 0.5) is 4.39 Å². The van der Waals surface area contributed by atoms with E-state index in [1.807, 2.05) is 6.92 Å². The molecule has 1 N–H and O–H groups in total. The minimum Gasteiger partial charge on any atom is -0.493 e. The topological polar surface area (TPSA) is 30.5 Å². The van der Waals surface area contributed by atoms with Crippen LogP contribution in [0, 0.1) is 5.82 Å². The molecule has 1 aromatic rings. The van der Waals surface area contributed by atoms with E-state index in [1.54, 1.807) is 13.2 Å². The van der Waals surface area contributed by atoms with Gasteiger partial charge in [0.05, 0.1) is 24.3 Å². The van der Waals surface area contributed by atoms with E-state index in [0.717, 1.165) is 19.4 Å². The smallest absolute Gasteiger partial charge is 0.168 e. The minimum absolute atomic E-state index is 0.287. The molecule has 0 bridgehead atoms. The number of benzene rings is 1. The largest absolute Gasteiger partial charge is 0.493 e. The van der Waals surface area contributed by atoms with Gasteiger partial charge in [-0.1, -0.05) is 0 Å². The molecule has 0 aliphatic carbocycles. The van der Waals surface area contributed by atoms with Crippen LogP contribution in [-0.4, -0.2) is 20.8 Å². The molecule has 0 amide bonds. The van der Waals surface area contributed by atoms with Crippen molar-refractivity contribution < 1.29 is 13.9 Å². The SMILES string of the molecule is COc1cc(Br)c(F)c(C2(C)CCCN2)c1OC. The van der Waals surface area contributed by atoms with E-state index in [2.05, 4.69) is 21.2 Å².